The van der Waals surface area contributed by atoms with Gasteiger partial charge in [-0.25, -0.2) is 0 Å². The van der Waals surface area contributed by atoms with Crippen molar-refractivity contribution in [3.63, 3.8) is 0 Å². The quantitative estimate of drug-likeness (QED) is 0.642. The minimum atomic E-state index is -0.667. The van der Waals surface area contributed by atoms with E-state index in [1.165, 1.54) is 0 Å². The predicted octanol–water partition coefficient (Wildman–Crippen LogP) is -0.829. The molecule has 1 saturated heterocycles. The summed E-state index contributed by atoms with van der Waals surface area (Å²) in [6.07, 6.45) is 0.141. The molecule has 1 aliphatic heterocycles. The van der Waals surface area contributed by atoms with Gasteiger partial charge in [0.05, 0.1) is 18.2 Å². The maximum absolute atomic E-state index is 11.1. The molecule has 0 aromatic heterocycles. The maximum Gasteiger partial charge on any atom is 0.237 e. The van der Waals surface area contributed by atoms with E-state index in [1.54, 1.807) is 13.8 Å². The van der Waals surface area contributed by atoms with Gasteiger partial charge in [-0.2, -0.15) is 0 Å². The van der Waals surface area contributed by atoms with Gasteiger partial charge in [-0.05, 0) is 20.9 Å². The summed E-state index contributed by atoms with van der Waals surface area (Å²) >= 11 is 0. The van der Waals surface area contributed by atoms with E-state index in [0.29, 0.717) is 6.54 Å². The van der Waals surface area contributed by atoms with E-state index in [9.17, 15) is 4.79 Å². The van der Waals surface area contributed by atoms with Gasteiger partial charge < -0.3 is 20.7 Å². The topological polar surface area (TPSA) is 67.6 Å². The highest BCUT2D eigenvalue weighted by Gasteiger charge is 2.26. The van der Waals surface area contributed by atoms with E-state index in [0.717, 1.165) is 19.7 Å². The third kappa shape index (κ3) is 3.77. The van der Waals surface area contributed by atoms with Crippen molar-refractivity contribution in [1.29, 1.82) is 0 Å². The first-order valence-electron chi connectivity index (χ1n) is 5.27. The van der Waals surface area contributed by atoms with Crippen molar-refractivity contribution in [1.82, 2.24) is 10.2 Å². The van der Waals surface area contributed by atoms with Crippen LogP contribution in [-0.2, 0) is 9.53 Å². The fourth-order valence-corrected chi connectivity index (χ4v) is 1.45. The molecule has 1 amide bonds. The van der Waals surface area contributed by atoms with Gasteiger partial charge >= 0.3 is 0 Å². The summed E-state index contributed by atoms with van der Waals surface area (Å²) in [6, 6.07) is 0. The molecule has 1 unspecified atom stereocenters. The summed E-state index contributed by atoms with van der Waals surface area (Å²) in [5, 5.41) is 3.12. The van der Waals surface area contributed by atoms with Crippen LogP contribution in [0.5, 0.6) is 0 Å². The number of morpholine rings is 1. The summed E-state index contributed by atoms with van der Waals surface area (Å²) in [6.45, 7) is 6.82. The molecule has 88 valence electrons. The molecule has 1 fully saturated rings. The van der Waals surface area contributed by atoms with Crippen molar-refractivity contribution in [2.75, 3.05) is 33.3 Å². The van der Waals surface area contributed by atoms with Crippen LogP contribution in [0.15, 0.2) is 0 Å². The molecule has 3 N–H and O–H groups in total. The van der Waals surface area contributed by atoms with E-state index in [-0.39, 0.29) is 12.0 Å². The number of primary amides is 1. The van der Waals surface area contributed by atoms with Gasteiger partial charge in [0.2, 0.25) is 5.91 Å². The Kier molecular flexibility index (Phi) is 4.07. The SMILES string of the molecule is CN1CCOC(CNC(C)(C)C(N)=O)C1. The zero-order valence-corrected chi connectivity index (χ0v) is 9.75. The van der Waals surface area contributed by atoms with Crippen molar-refractivity contribution in [3.8, 4) is 0 Å². The number of carbonyl (C=O) groups is 1. The molecule has 0 aromatic carbocycles. The lowest BCUT2D eigenvalue weighted by Gasteiger charge is -2.32. The molecule has 0 aliphatic carbocycles. The summed E-state index contributed by atoms with van der Waals surface area (Å²) in [5.41, 5.74) is 4.59. The van der Waals surface area contributed by atoms with E-state index < -0.39 is 5.54 Å². The molecule has 1 heterocycles. The molecule has 1 atom stereocenters. The van der Waals surface area contributed by atoms with Crippen LogP contribution in [0.4, 0.5) is 0 Å². The Balaban J connectivity index is 2.33. The zero-order valence-electron chi connectivity index (χ0n) is 9.75. The molecule has 0 aromatic rings. The normalized spacial score (nSPS) is 24.1. The van der Waals surface area contributed by atoms with Crippen LogP contribution >= 0.6 is 0 Å². The van der Waals surface area contributed by atoms with E-state index in [4.69, 9.17) is 10.5 Å². The molecule has 1 aliphatic rings. The molecular weight excluding hydrogens is 194 g/mol. The van der Waals surface area contributed by atoms with Crippen molar-refractivity contribution < 1.29 is 9.53 Å². The third-order valence-electron chi connectivity index (χ3n) is 2.73. The van der Waals surface area contributed by atoms with Crippen LogP contribution in [0.3, 0.4) is 0 Å². The molecule has 5 nitrogen and oxygen atoms in total. The van der Waals surface area contributed by atoms with E-state index in [1.807, 2.05) is 0 Å². The van der Waals surface area contributed by atoms with Crippen LogP contribution in [-0.4, -0.2) is 55.7 Å². The first-order chi connectivity index (χ1) is 6.92. The highest BCUT2D eigenvalue weighted by atomic mass is 16.5. The molecule has 0 saturated carbocycles. The fourth-order valence-electron chi connectivity index (χ4n) is 1.45. The number of nitrogens with two attached hydrogens (primary N) is 1. The van der Waals surface area contributed by atoms with E-state index >= 15 is 0 Å². The lowest BCUT2D eigenvalue weighted by molar-refractivity contribution is -0.123. The van der Waals surface area contributed by atoms with Gasteiger partial charge in [-0.1, -0.05) is 0 Å². The number of amides is 1. The van der Waals surface area contributed by atoms with Crippen molar-refractivity contribution in [2.24, 2.45) is 5.73 Å². The number of rotatable bonds is 4. The Morgan fingerprint density at radius 1 is 1.67 bits per heavy atom. The molecular formula is C10H21N3O2. The lowest BCUT2D eigenvalue weighted by atomic mass is 10.0. The Morgan fingerprint density at radius 3 is 2.87 bits per heavy atom. The number of nitrogens with zero attached hydrogens (tertiary/aromatic N) is 1. The minimum absolute atomic E-state index is 0.141. The summed E-state index contributed by atoms with van der Waals surface area (Å²) in [5.74, 6) is -0.341. The first kappa shape index (κ1) is 12.4. The summed E-state index contributed by atoms with van der Waals surface area (Å²) in [4.78, 5) is 13.3. The number of hydrogen-bond acceptors (Lipinski definition) is 4. The number of nitrogens with one attached hydrogen (secondary N) is 1. The zero-order chi connectivity index (χ0) is 11.5. The highest BCUT2D eigenvalue weighted by molar-refractivity contribution is 5.83. The van der Waals surface area contributed by atoms with Crippen molar-refractivity contribution in [2.45, 2.75) is 25.5 Å². The molecule has 0 spiro atoms. The number of likely N-dealkylation sites (N-methyl/N-ethyl adjacent to an activating group) is 1. The van der Waals surface area contributed by atoms with Gasteiger partial charge in [-0.15, -0.1) is 0 Å². The van der Waals surface area contributed by atoms with Crippen LogP contribution < -0.4 is 11.1 Å². The van der Waals surface area contributed by atoms with Crippen molar-refractivity contribution in [3.05, 3.63) is 0 Å². The van der Waals surface area contributed by atoms with Crippen molar-refractivity contribution >= 4 is 5.91 Å². The Hall–Kier alpha value is -0.650. The molecule has 1 rings (SSSR count). The Bertz CT molecular complexity index is 231. The predicted molar refractivity (Wildman–Crippen MR) is 58.5 cm³/mol. The minimum Gasteiger partial charge on any atom is -0.374 e. The summed E-state index contributed by atoms with van der Waals surface area (Å²) < 4.78 is 5.57. The second kappa shape index (κ2) is 4.92. The first-order valence-corrected chi connectivity index (χ1v) is 5.27. The Morgan fingerprint density at radius 2 is 2.33 bits per heavy atom. The van der Waals surface area contributed by atoms with E-state index in [2.05, 4.69) is 17.3 Å². The molecule has 5 heteroatoms. The highest BCUT2D eigenvalue weighted by Crippen LogP contribution is 2.05. The lowest BCUT2D eigenvalue weighted by Crippen LogP contribution is -2.55. The number of ether oxygens (including phenoxy) is 1. The third-order valence-corrected chi connectivity index (χ3v) is 2.73. The van der Waals surface area contributed by atoms with Gasteiger partial charge in [0.25, 0.3) is 0 Å². The average molecular weight is 215 g/mol. The fraction of sp³-hybridized carbons (Fsp3) is 0.900. The largest absolute Gasteiger partial charge is 0.374 e. The molecule has 0 radical (unpaired) electrons. The second-order valence-corrected chi connectivity index (χ2v) is 4.63. The molecule has 15 heavy (non-hydrogen) atoms. The van der Waals surface area contributed by atoms with Gasteiger partial charge in [0, 0.05) is 19.6 Å². The van der Waals surface area contributed by atoms with Gasteiger partial charge in [0.1, 0.15) is 0 Å². The van der Waals surface area contributed by atoms with Gasteiger partial charge in [-0.3, -0.25) is 4.79 Å². The maximum atomic E-state index is 11.1. The second-order valence-electron chi connectivity index (χ2n) is 4.63. The molecule has 0 bridgehead atoms. The Labute approximate surface area is 90.9 Å². The van der Waals surface area contributed by atoms with Gasteiger partial charge in [0.15, 0.2) is 0 Å². The standard InChI is InChI=1S/C10H21N3O2/c1-10(2,9(11)14)12-6-8-7-13(3)4-5-15-8/h8,12H,4-7H2,1-3H3,(H2,11,14). The van der Waals surface area contributed by atoms with Crippen LogP contribution in [0.2, 0.25) is 0 Å². The number of hydrogen-bond donors (Lipinski definition) is 2. The average Bonchev–Trinajstić information content (AvgIpc) is 2.15. The number of carbonyl (C=O) groups excluding carboxylic acids is 1. The summed E-state index contributed by atoms with van der Waals surface area (Å²) in [7, 11) is 2.06. The monoisotopic (exact) mass is 215 g/mol. The smallest absolute Gasteiger partial charge is 0.237 e. The van der Waals surface area contributed by atoms with Crippen LogP contribution in [0, 0.1) is 0 Å². The van der Waals surface area contributed by atoms with Crippen LogP contribution in [0.25, 0.3) is 0 Å². The van der Waals surface area contributed by atoms with Crippen LogP contribution in [0.1, 0.15) is 13.8 Å².